The van der Waals surface area contributed by atoms with Gasteiger partial charge in [-0.1, -0.05) is 0 Å². The number of hydrogen-bond donors (Lipinski definition) is 0. The van der Waals surface area contributed by atoms with E-state index >= 15 is 0 Å². The molecule has 0 saturated carbocycles. The van der Waals surface area contributed by atoms with Gasteiger partial charge in [0.25, 0.3) is 0 Å². The van der Waals surface area contributed by atoms with Gasteiger partial charge < -0.3 is 14.5 Å². The van der Waals surface area contributed by atoms with Gasteiger partial charge in [0.2, 0.25) is 5.95 Å². The van der Waals surface area contributed by atoms with Crippen molar-refractivity contribution in [1.29, 1.82) is 0 Å². The van der Waals surface area contributed by atoms with Crippen LogP contribution in [-0.2, 0) is 4.74 Å². The summed E-state index contributed by atoms with van der Waals surface area (Å²) in [6.45, 7) is 7.69. The summed E-state index contributed by atoms with van der Waals surface area (Å²) in [6, 6.07) is 0. The Bertz CT molecular complexity index is 530. The number of rotatable bonds is 3. The fourth-order valence-corrected chi connectivity index (χ4v) is 2.68. The number of amides is 1. The number of aromatic nitrogens is 2. The number of hydrogen-bond acceptors (Lipinski definition) is 5. The van der Waals surface area contributed by atoms with Gasteiger partial charge >= 0.3 is 6.09 Å². The molecule has 1 saturated heterocycles. The summed E-state index contributed by atoms with van der Waals surface area (Å²) in [5.74, 6) is 0.353. The maximum absolute atomic E-state index is 12.9. The second-order valence-corrected chi connectivity index (χ2v) is 7.02. The number of carbonyl (C=O) groups is 1. The molecule has 1 aliphatic heterocycles. The van der Waals surface area contributed by atoms with E-state index in [-0.39, 0.29) is 6.09 Å². The maximum Gasteiger partial charge on any atom is 0.410 e. The molecule has 1 atom stereocenters. The molecule has 0 N–H and O–H groups in total. The molecule has 128 valence electrons. The standard InChI is InChI=1S/C16H25FN4O2/c1-16(2,3)23-15(22)21-7-5-6-12(11-21)10-20(4)14-18-8-13(17)9-19-14/h8-9,12H,5-7,10-11H2,1-4H3/t12-/m0/s1. The van der Waals surface area contributed by atoms with Crippen LogP contribution in [0.5, 0.6) is 0 Å². The molecular weight excluding hydrogens is 299 g/mol. The number of ether oxygens (including phenoxy) is 1. The Labute approximate surface area is 136 Å². The molecule has 7 heteroatoms. The first-order valence-electron chi connectivity index (χ1n) is 7.91. The fraction of sp³-hybridized carbons (Fsp3) is 0.688. The molecule has 1 aliphatic rings. The van der Waals surface area contributed by atoms with Crippen LogP contribution < -0.4 is 4.90 Å². The van der Waals surface area contributed by atoms with E-state index in [2.05, 4.69) is 9.97 Å². The fourth-order valence-electron chi connectivity index (χ4n) is 2.68. The minimum absolute atomic E-state index is 0.261. The lowest BCUT2D eigenvalue weighted by atomic mass is 9.98. The van der Waals surface area contributed by atoms with Crippen molar-refractivity contribution >= 4 is 12.0 Å². The van der Waals surface area contributed by atoms with Gasteiger partial charge in [0, 0.05) is 26.7 Å². The smallest absolute Gasteiger partial charge is 0.410 e. The summed E-state index contributed by atoms with van der Waals surface area (Å²) >= 11 is 0. The highest BCUT2D eigenvalue weighted by Crippen LogP contribution is 2.21. The number of piperidine rings is 1. The van der Waals surface area contributed by atoms with Crippen LogP contribution >= 0.6 is 0 Å². The van der Waals surface area contributed by atoms with E-state index in [1.54, 1.807) is 4.90 Å². The zero-order chi connectivity index (χ0) is 17.0. The lowest BCUT2D eigenvalue weighted by Crippen LogP contribution is -2.45. The Kier molecular flexibility index (Phi) is 5.38. The van der Waals surface area contributed by atoms with E-state index in [0.29, 0.717) is 25.0 Å². The van der Waals surface area contributed by atoms with Crippen LogP contribution in [0, 0.1) is 11.7 Å². The molecule has 6 nitrogen and oxygen atoms in total. The van der Waals surface area contributed by atoms with E-state index < -0.39 is 11.4 Å². The number of nitrogens with zero attached hydrogens (tertiary/aromatic N) is 4. The lowest BCUT2D eigenvalue weighted by molar-refractivity contribution is 0.0170. The van der Waals surface area contributed by atoms with Crippen molar-refractivity contribution in [3.05, 3.63) is 18.2 Å². The third-order valence-corrected chi connectivity index (χ3v) is 3.65. The normalized spacial score (nSPS) is 18.7. The van der Waals surface area contributed by atoms with Crippen molar-refractivity contribution in [1.82, 2.24) is 14.9 Å². The molecule has 1 aromatic heterocycles. The van der Waals surface area contributed by atoms with Gasteiger partial charge in [-0.25, -0.2) is 19.2 Å². The molecule has 2 heterocycles. The van der Waals surface area contributed by atoms with E-state index in [1.165, 1.54) is 0 Å². The zero-order valence-corrected chi connectivity index (χ0v) is 14.3. The van der Waals surface area contributed by atoms with Gasteiger partial charge in [0.05, 0.1) is 12.4 Å². The largest absolute Gasteiger partial charge is 0.444 e. The van der Waals surface area contributed by atoms with Crippen molar-refractivity contribution < 1.29 is 13.9 Å². The van der Waals surface area contributed by atoms with Crippen molar-refractivity contribution in [2.45, 2.75) is 39.2 Å². The predicted molar refractivity (Wildman–Crippen MR) is 85.8 cm³/mol. The summed E-state index contributed by atoms with van der Waals surface area (Å²) in [6.07, 6.45) is 4.04. The SMILES string of the molecule is CN(C[C@@H]1CCCN(C(=O)OC(C)(C)C)C1)c1ncc(F)cn1. The van der Waals surface area contributed by atoms with Crippen molar-refractivity contribution in [3.63, 3.8) is 0 Å². The monoisotopic (exact) mass is 324 g/mol. The Morgan fingerprint density at radius 2 is 2.09 bits per heavy atom. The van der Waals surface area contributed by atoms with E-state index in [4.69, 9.17) is 4.74 Å². The molecule has 0 radical (unpaired) electrons. The molecule has 0 bridgehead atoms. The Morgan fingerprint density at radius 1 is 1.43 bits per heavy atom. The Hall–Kier alpha value is -1.92. The molecular formula is C16H25FN4O2. The van der Waals surface area contributed by atoms with Gasteiger partial charge in [0.1, 0.15) is 5.60 Å². The predicted octanol–water partition coefficient (Wildman–Crippen LogP) is 2.70. The lowest BCUT2D eigenvalue weighted by Gasteiger charge is -2.35. The van der Waals surface area contributed by atoms with E-state index in [1.807, 2.05) is 32.7 Å². The highest BCUT2D eigenvalue weighted by atomic mass is 19.1. The first kappa shape index (κ1) is 17.4. The molecule has 1 fully saturated rings. The Balaban J connectivity index is 1.90. The third kappa shape index (κ3) is 5.33. The molecule has 0 aliphatic carbocycles. The molecule has 1 amide bonds. The highest BCUT2D eigenvalue weighted by molar-refractivity contribution is 5.68. The first-order valence-corrected chi connectivity index (χ1v) is 7.91. The third-order valence-electron chi connectivity index (χ3n) is 3.65. The maximum atomic E-state index is 12.9. The van der Waals surface area contributed by atoms with E-state index in [0.717, 1.165) is 31.8 Å². The quantitative estimate of drug-likeness (QED) is 0.855. The minimum atomic E-state index is -0.483. The van der Waals surface area contributed by atoms with Gasteiger partial charge in [-0.15, -0.1) is 0 Å². The average Bonchev–Trinajstić information content (AvgIpc) is 2.46. The van der Waals surface area contributed by atoms with E-state index in [9.17, 15) is 9.18 Å². The molecule has 23 heavy (non-hydrogen) atoms. The second kappa shape index (κ2) is 7.10. The van der Waals surface area contributed by atoms with Crippen molar-refractivity contribution in [2.24, 2.45) is 5.92 Å². The summed E-state index contributed by atoms with van der Waals surface area (Å²) < 4.78 is 18.3. The highest BCUT2D eigenvalue weighted by Gasteiger charge is 2.28. The first-order chi connectivity index (χ1) is 10.7. The Morgan fingerprint density at radius 3 is 2.70 bits per heavy atom. The van der Waals surface area contributed by atoms with Gasteiger partial charge in [-0.05, 0) is 39.5 Å². The van der Waals surface area contributed by atoms with Crippen LogP contribution in [0.15, 0.2) is 12.4 Å². The molecule has 1 aromatic rings. The van der Waals surface area contributed by atoms with Crippen LogP contribution in [-0.4, -0.2) is 53.2 Å². The van der Waals surface area contributed by atoms with Gasteiger partial charge in [-0.3, -0.25) is 0 Å². The zero-order valence-electron chi connectivity index (χ0n) is 14.3. The summed E-state index contributed by atoms with van der Waals surface area (Å²) in [7, 11) is 1.87. The topological polar surface area (TPSA) is 58.6 Å². The summed E-state index contributed by atoms with van der Waals surface area (Å²) in [4.78, 5) is 23.8. The summed E-state index contributed by atoms with van der Waals surface area (Å²) in [5, 5.41) is 0. The molecule has 0 aromatic carbocycles. The van der Waals surface area contributed by atoms with Crippen molar-refractivity contribution in [2.75, 3.05) is 31.6 Å². The van der Waals surface area contributed by atoms with Crippen LogP contribution in [0.25, 0.3) is 0 Å². The number of likely N-dealkylation sites (tertiary alicyclic amines) is 1. The van der Waals surface area contributed by atoms with Crippen LogP contribution in [0.1, 0.15) is 33.6 Å². The van der Waals surface area contributed by atoms with Crippen LogP contribution in [0.4, 0.5) is 15.1 Å². The molecule has 2 rings (SSSR count). The number of halogens is 1. The van der Waals surface area contributed by atoms with Gasteiger partial charge in [-0.2, -0.15) is 0 Å². The number of carbonyl (C=O) groups excluding carboxylic acids is 1. The minimum Gasteiger partial charge on any atom is -0.444 e. The number of anilines is 1. The average molecular weight is 324 g/mol. The van der Waals surface area contributed by atoms with Crippen molar-refractivity contribution in [3.8, 4) is 0 Å². The second-order valence-electron chi connectivity index (χ2n) is 7.02. The van der Waals surface area contributed by atoms with Crippen LogP contribution in [0.2, 0.25) is 0 Å². The summed E-state index contributed by atoms with van der Waals surface area (Å²) in [5.41, 5.74) is -0.483. The molecule has 0 spiro atoms. The molecule has 0 unspecified atom stereocenters. The van der Waals surface area contributed by atoms with Gasteiger partial charge in [0.15, 0.2) is 5.82 Å². The van der Waals surface area contributed by atoms with Crippen LogP contribution in [0.3, 0.4) is 0 Å².